The molecule has 1 aromatic carbocycles. The van der Waals surface area contributed by atoms with Crippen molar-refractivity contribution in [1.82, 2.24) is 4.90 Å². The smallest absolute Gasteiger partial charge is 0.0499 e. The van der Waals surface area contributed by atoms with Gasteiger partial charge in [-0.05, 0) is 43.0 Å². The van der Waals surface area contributed by atoms with E-state index in [9.17, 15) is 5.11 Å². The molecule has 3 N–H and O–H groups in total. The fourth-order valence-corrected chi connectivity index (χ4v) is 3.14. The second-order valence-corrected chi connectivity index (χ2v) is 6.32. The van der Waals surface area contributed by atoms with Gasteiger partial charge in [0.15, 0.2) is 0 Å². The number of hydrogen-bond acceptors (Lipinski definition) is 3. The van der Waals surface area contributed by atoms with Crippen molar-refractivity contribution < 1.29 is 5.11 Å². The van der Waals surface area contributed by atoms with Gasteiger partial charge in [0.2, 0.25) is 0 Å². The number of hydrogen-bond donors (Lipinski definition) is 2. The third-order valence-corrected chi connectivity index (χ3v) is 4.59. The molecule has 1 aromatic rings. The van der Waals surface area contributed by atoms with Crippen molar-refractivity contribution in [3.63, 3.8) is 0 Å². The highest BCUT2D eigenvalue weighted by Crippen LogP contribution is 2.31. The predicted octanol–water partition coefficient (Wildman–Crippen LogP) is 2.54. The van der Waals surface area contributed by atoms with Crippen LogP contribution >= 0.6 is 15.9 Å². The summed E-state index contributed by atoms with van der Waals surface area (Å²) in [7, 11) is 0. The number of nitrogens with two attached hydrogens (primary N) is 1. The van der Waals surface area contributed by atoms with Gasteiger partial charge in [-0.15, -0.1) is 0 Å². The fourth-order valence-electron chi connectivity index (χ4n) is 2.88. The molecule has 3 nitrogen and oxygen atoms in total. The summed E-state index contributed by atoms with van der Waals surface area (Å²) in [5.74, 6) is 0.405. The molecule has 0 spiro atoms. The molecule has 19 heavy (non-hydrogen) atoms. The van der Waals surface area contributed by atoms with Crippen LogP contribution in [0.3, 0.4) is 0 Å². The summed E-state index contributed by atoms with van der Waals surface area (Å²) in [6, 6.07) is 8.84. The Morgan fingerprint density at radius 1 is 1.42 bits per heavy atom. The lowest BCUT2D eigenvalue weighted by molar-refractivity contribution is 0.180. The van der Waals surface area contributed by atoms with Gasteiger partial charge in [0.05, 0.1) is 0 Å². The number of aliphatic hydroxyl groups excluding tert-OH is 1. The second kappa shape index (κ2) is 6.84. The first-order valence-corrected chi connectivity index (χ1v) is 7.81. The molecule has 2 rings (SSSR count). The first kappa shape index (κ1) is 15.0. The number of aliphatic hydroxyl groups is 1. The van der Waals surface area contributed by atoms with Crippen molar-refractivity contribution >= 4 is 15.9 Å². The molecule has 0 bridgehead atoms. The van der Waals surface area contributed by atoms with E-state index in [-0.39, 0.29) is 18.7 Å². The van der Waals surface area contributed by atoms with E-state index in [4.69, 9.17) is 5.73 Å². The molecule has 1 aliphatic rings. The lowest BCUT2D eigenvalue weighted by atomic mass is 9.96. The molecule has 0 radical (unpaired) electrons. The quantitative estimate of drug-likeness (QED) is 0.874. The minimum Gasteiger partial charge on any atom is -0.396 e. The SMILES string of the molecule is CCC(N)C(c1ccc(Br)cc1)N1CCC(CO)C1. The van der Waals surface area contributed by atoms with Crippen LogP contribution < -0.4 is 5.73 Å². The van der Waals surface area contributed by atoms with Crippen molar-refractivity contribution in [3.8, 4) is 0 Å². The van der Waals surface area contributed by atoms with Crippen LogP contribution in [0.1, 0.15) is 31.4 Å². The lowest BCUT2D eigenvalue weighted by Crippen LogP contribution is -2.40. The molecule has 1 fully saturated rings. The normalized spacial score (nSPS) is 23.5. The number of rotatable bonds is 5. The molecule has 3 atom stereocenters. The van der Waals surface area contributed by atoms with Gasteiger partial charge < -0.3 is 10.8 Å². The maximum atomic E-state index is 9.30. The van der Waals surface area contributed by atoms with Crippen LogP contribution in [0.2, 0.25) is 0 Å². The summed E-state index contributed by atoms with van der Waals surface area (Å²) in [6.45, 7) is 4.39. The van der Waals surface area contributed by atoms with E-state index in [1.165, 1.54) is 5.56 Å². The van der Waals surface area contributed by atoms with Gasteiger partial charge in [-0.3, -0.25) is 4.90 Å². The Labute approximate surface area is 123 Å². The predicted molar refractivity (Wildman–Crippen MR) is 81.9 cm³/mol. The number of halogens is 1. The van der Waals surface area contributed by atoms with Crippen LogP contribution in [0, 0.1) is 5.92 Å². The highest BCUT2D eigenvalue weighted by molar-refractivity contribution is 9.10. The topological polar surface area (TPSA) is 49.5 Å². The zero-order valence-electron chi connectivity index (χ0n) is 11.4. The van der Waals surface area contributed by atoms with E-state index in [1.54, 1.807) is 0 Å². The first-order valence-electron chi connectivity index (χ1n) is 7.01. The summed E-state index contributed by atoms with van der Waals surface area (Å²) in [5, 5.41) is 9.30. The van der Waals surface area contributed by atoms with Crippen molar-refractivity contribution in [1.29, 1.82) is 0 Å². The van der Waals surface area contributed by atoms with Gasteiger partial charge in [0.25, 0.3) is 0 Å². The van der Waals surface area contributed by atoms with E-state index in [2.05, 4.69) is 52.0 Å². The van der Waals surface area contributed by atoms with Crippen molar-refractivity contribution in [3.05, 3.63) is 34.3 Å². The Balaban J connectivity index is 2.19. The zero-order chi connectivity index (χ0) is 13.8. The van der Waals surface area contributed by atoms with E-state index in [1.807, 2.05) is 0 Å². The molecule has 1 aliphatic heterocycles. The van der Waals surface area contributed by atoms with Crippen LogP contribution in [0.5, 0.6) is 0 Å². The Morgan fingerprint density at radius 3 is 2.63 bits per heavy atom. The van der Waals surface area contributed by atoms with Crippen LogP contribution in [-0.4, -0.2) is 35.7 Å². The Kier molecular flexibility index (Phi) is 5.39. The van der Waals surface area contributed by atoms with Crippen LogP contribution in [-0.2, 0) is 0 Å². The average Bonchev–Trinajstić information content (AvgIpc) is 2.89. The first-order chi connectivity index (χ1) is 9.15. The molecule has 1 heterocycles. The summed E-state index contributed by atoms with van der Waals surface area (Å²) in [6.07, 6.45) is 2.03. The van der Waals surface area contributed by atoms with E-state index in [0.717, 1.165) is 30.4 Å². The van der Waals surface area contributed by atoms with Gasteiger partial charge in [0, 0.05) is 29.7 Å². The standard InChI is InChI=1S/C15H23BrN2O/c1-2-14(17)15(12-3-5-13(16)6-4-12)18-8-7-11(9-18)10-19/h3-6,11,14-15,19H,2,7-10,17H2,1H3. The third-order valence-electron chi connectivity index (χ3n) is 4.06. The minimum absolute atomic E-state index is 0.138. The fraction of sp³-hybridized carbons (Fsp3) is 0.600. The van der Waals surface area contributed by atoms with Crippen LogP contribution in [0.15, 0.2) is 28.7 Å². The van der Waals surface area contributed by atoms with Gasteiger partial charge in [-0.2, -0.15) is 0 Å². The molecule has 3 unspecified atom stereocenters. The maximum Gasteiger partial charge on any atom is 0.0499 e. The van der Waals surface area contributed by atoms with E-state index >= 15 is 0 Å². The molecular formula is C15H23BrN2O. The molecule has 0 aliphatic carbocycles. The van der Waals surface area contributed by atoms with Crippen molar-refractivity contribution in [2.75, 3.05) is 19.7 Å². The van der Waals surface area contributed by atoms with Crippen molar-refractivity contribution in [2.45, 2.75) is 31.8 Å². The molecule has 106 valence electrons. The number of benzene rings is 1. The summed E-state index contributed by atoms with van der Waals surface area (Å²) < 4.78 is 1.09. The van der Waals surface area contributed by atoms with E-state index < -0.39 is 0 Å². The monoisotopic (exact) mass is 326 g/mol. The van der Waals surface area contributed by atoms with Gasteiger partial charge in [-0.1, -0.05) is 35.0 Å². The Bertz CT molecular complexity index is 396. The van der Waals surface area contributed by atoms with Gasteiger partial charge in [-0.25, -0.2) is 0 Å². The lowest BCUT2D eigenvalue weighted by Gasteiger charge is -2.32. The summed E-state index contributed by atoms with van der Waals surface area (Å²) >= 11 is 3.48. The van der Waals surface area contributed by atoms with Crippen LogP contribution in [0.4, 0.5) is 0 Å². The highest BCUT2D eigenvalue weighted by atomic mass is 79.9. The van der Waals surface area contributed by atoms with Gasteiger partial charge >= 0.3 is 0 Å². The Morgan fingerprint density at radius 2 is 2.11 bits per heavy atom. The van der Waals surface area contributed by atoms with Crippen molar-refractivity contribution in [2.24, 2.45) is 11.7 Å². The molecular weight excluding hydrogens is 304 g/mol. The van der Waals surface area contributed by atoms with Gasteiger partial charge in [0.1, 0.15) is 0 Å². The number of nitrogens with zero attached hydrogens (tertiary/aromatic N) is 1. The molecule has 0 saturated carbocycles. The summed E-state index contributed by atoms with van der Waals surface area (Å²) in [4.78, 5) is 2.43. The molecule has 4 heteroatoms. The van der Waals surface area contributed by atoms with Crippen LogP contribution in [0.25, 0.3) is 0 Å². The number of likely N-dealkylation sites (tertiary alicyclic amines) is 1. The maximum absolute atomic E-state index is 9.30. The minimum atomic E-state index is 0.138. The molecule has 0 amide bonds. The molecule has 1 saturated heterocycles. The largest absolute Gasteiger partial charge is 0.396 e. The third kappa shape index (κ3) is 3.57. The second-order valence-electron chi connectivity index (χ2n) is 5.40. The zero-order valence-corrected chi connectivity index (χ0v) is 13.0. The highest BCUT2D eigenvalue weighted by Gasteiger charge is 2.31. The average molecular weight is 327 g/mol. The van der Waals surface area contributed by atoms with E-state index in [0.29, 0.717) is 5.92 Å². The summed E-state index contributed by atoms with van der Waals surface area (Å²) in [5.41, 5.74) is 7.61. The molecule has 0 aromatic heterocycles. The Hall–Kier alpha value is -0.420.